The van der Waals surface area contributed by atoms with Gasteiger partial charge in [0.25, 0.3) is 11.6 Å². The predicted molar refractivity (Wildman–Crippen MR) is 136 cm³/mol. The average molecular weight is 490 g/mol. The number of nitro groups is 1. The van der Waals surface area contributed by atoms with Crippen LogP contribution in [-0.4, -0.2) is 41.9 Å². The third kappa shape index (κ3) is 5.70. The van der Waals surface area contributed by atoms with Gasteiger partial charge in [-0.1, -0.05) is 29.8 Å². The van der Waals surface area contributed by atoms with Crippen molar-refractivity contribution in [3.05, 3.63) is 98.6 Å². The highest BCUT2D eigenvalue weighted by atomic mass is 35.5. The first-order valence-electron chi connectivity index (χ1n) is 11.3. The number of halogens is 1. The smallest absolute Gasteiger partial charge is 0.293 e. The molecule has 0 bridgehead atoms. The Hall–Kier alpha value is -4.09. The highest BCUT2D eigenvalue weighted by Crippen LogP contribution is 2.28. The lowest BCUT2D eigenvalue weighted by molar-refractivity contribution is -0.384. The standard InChI is InChI=1S/C26H24ClN5O3/c27-23-5-2-1-4-21(23)18-29-24-11-8-20(16-25(24)32(34)35)26(33)31-13-3-12-30(14-15-31)22-9-6-19(17-28)7-10-22/h1-2,4-11,16,29H,3,12-15,18H2. The number of anilines is 2. The van der Waals surface area contributed by atoms with Crippen molar-refractivity contribution in [2.24, 2.45) is 0 Å². The summed E-state index contributed by atoms with van der Waals surface area (Å²) in [6, 6.07) is 21.3. The van der Waals surface area contributed by atoms with E-state index in [9.17, 15) is 14.9 Å². The third-order valence-corrected chi connectivity index (χ3v) is 6.38. The molecule has 9 heteroatoms. The molecule has 8 nitrogen and oxygen atoms in total. The molecular formula is C26H24ClN5O3. The van der Waals surface area contributed by atoms with Crippen LogP contribution in [0.4, 0.5) is 17.1 Å². The number of rotatable bonds is 6. The zero-order valence-corrected chi connectivity index (χ0v) is 19.7. The minimum Gasteiger partial charge on any atom is -0.375 e. The van der Waals surface area contributed by atoms with E-state index in [1.807, 2.05) is 30.3 Å². The minimum atomic E-state index is -0.485. The van der Waals surface area contributed by atoms with Crippen LogP contribution in [-0.2, 0) is 6.54 Å². The maximum atomic E-state index is 13.2. The number of carbonyl (C=O) groups is 1. The molecule has 0 aromatic heterocycles. The predicted octanol–water partition coefficient (Wildman–Crippen LogP) is 5.08. The monoisotopic (exact) mass is 489 g/mol. The van der Waals surface area contributed by atoms with Crippen LogP contribution in [0.1, 0.15) is 27.9 Å². The molecule has 1 aliphatic heterocycles. The maximum absolute atomic E-state index is 13.2. The van der Waals surface area contributed by atoms with Gasteiger partial charge in [0.2, 0.25) is 0 Å². The van der Waals surface area contributed by atoms with Crippen molar-refractivity contribution in [3.63, 3.8) is 0 Å². The van der Waals surface area contributed by atoms with Crippen LogP contribution < -0.4 is 10.2 Å². The van der Waals surface area contributed by atoms with Crippen molar-refractivity contribution in [1.29, 1.82) is 5.26 Å². The van der Waals surface area contributed by atoms with Crippen LogP contribution in [0.2, 0.25) is 5.02 Å². The number of nitrogens with one attached hydrogen (secondary N) is 1. The summed E-state index contributed by atoms with van der Waals surface area (Å²) in [4.78, 5) is 28.4. The van der Waals surface area contributed by atoms with Crippen LogP contribution in [0, 0.1) is 21.4 Å². The SMILES string of the molecule is N#Cc1ccc(N2CCCN(C(=O)c3ccc(NCc4ccccc4Cl)c([N+](=O)[O-])c3)CC2)cc1. The summed E-state index contributed by atoms with van der Waals surface area (Å²) in [5.41, 5.74) is 2.88. The van der Waals surface area contributed by atoms with Gasteiger partial charge in [-0.05, 0) is 54.4 Å². The van der Waals surface area contributed by atoms with Crippen LogP contribution in [0.3, 0.4) is 0 Å². The summed E-state index contributed by atoms with van der Waals surface area (Å²) in [5.74, 6) is -0.229. The van der Waals surface area contributed by atoms with Gasteiger partial charge in [-0.2, -0.15) is 5.26 Å². The van der Waals surface area contributed by atoms with Gasteiger partial charge >= 0.3 is 0 Å². The number of amides is 1. The quantitative estimate of drug-likeness (QED) is 0.382. The molecule has 4 rings (SSSR count). The van der Waals surface area contributed by atoms with E-state index in [0.29, 0.717) is 42.5 Å². The largest absolute Gasteiger partial charge is 0.375 e. The maximum Gasteiger partial charge on any atom is 0.293 e. The molecule has 3 aromatic rings. The minimum absolute atomic E-state index is 0.156. The van der Waals surface area contributed by atoms with E-state index in [4.69, 9.17) is 16.9 Å². The normalized spacial score (nSPS) is 13.6. The Balaban J connectivity index is 1.45. The van der Waals surface area contributed by atoms with Gasteiger partial charge in [-0.15, -0.1) is 0 Å². The average Bonchev–Trinajstić information content (AvgIpc) is 3.14. The zero-order valence-electron chi connectivity index (χ0n) is 19.0. The molecule has 0 unspecified atom stereocenters. The molecular weight excluding hydrogens is 466 g/mol. The summed E-state index contributed by atoms with van der Waals surface area (Å²) in [6.45, 7) is 2.80. The Morgan fingerprint density at radius 3 is 2.54 bits per heavy atom. The highest BCUT2D eigenvalue weighted by Gasteiger charge is 2.24. The lowest BCUT2D eigenvalue weighted by Gasteiger charge is -2.24. The second-order valence-electron chi connectivity index (χ2n) is 8.23. The number of hydrogen-bond donors (Lipinski definition) is 1. The molecule has 1 heterocycles. The summed E-state index contributed by atoms with van der Waals surface area (Å²) in [6.07, 6.45) is 0.769. The zero-order chi connectivity index (χ0) is 24.8. The first kappa shape index (κ1) is 24.0. The van der Waals surface area contributed by atoms with Crippen molar-refractivity contribution < 1.29 is 9.72 Å². The summed E-state index contributed by atoms with van der Waals surface area (Å²) < 4.78 is 0. The molecule has 0 radical (unpaired) electrons. The first-order chi connectivity index (χ1) is 17.0. The van der Waals surface area contributed by atoms with E-state index in [1.165, 1.54) is 6.07 Å². The van der Waals surface area contributed by atoms with Crippen LogP contribution in [0.25, 0.3) is 0 Å². The van der Waals surface area contributed by atoms with Gasteiger partial charge in [0.1, 0.15) is 5.69 Å². The highest BCUT2D eigenvalue weighted by molar-refractivity contribution is 6.31. The van der Waals surface area contributed by atoms with Gasteiger partial charge in [0, 0.05) is 55.1 Å². The summed E-state index contributed by atoms with van der Waals surface area (Å²) in [7, 11) is 0. The van der Waals surface area contributed by atoms with Crippen LogP contribution >= 0.6 is 11.6 Å². The van der Waals surface area contributed by atoms with Gasteiger partial charge < -0.3 is 15.1 Å². The van der Waals surface area contributed by atoms with E-state index in [2.05, 4.69) is 16.3 Å². The Morgan fingerprint density at radius 1 is 1.06 bits per heavy atom. The van der Waals surface area contributed by atoms with Gasteiger partial charge in [-0.25, -0.2) is 0 Å². The fourth-order valence-corrected chi connectivity index (χ4v) is 4.31. The van der Waals surface area contributed by atoms with E-state index in [1.54, 1.807) is 35.2 Å². The molecule has 1 aliphatic rings. The summed E-state index contributed by atoms with van der Waals surface area (Å²) in [5, 5.41) is 24.4. The third-order valence-electron chi connectivity index (χ3n) is 6.01. The lowest BCUT2D eigenvalue weighted by atomic mass is 10.1. The Labute approximate surface area is 208 Å². The Kier molecular flexibility index (Phi) is 7.48. The van der Waals surface area contributed by atoms with Crippen LogP contribution in [0.5, 0.6) is 0 Å². The van der Waals surface area contributed by atoms with E-state index in [0.717, 1.165) is 24.2 Å². The van der Waals surface area contributed by atoms with Crippen molar-refractivity contribution in [2.75, 3.05) is 36.4 Å². The number of nitrogens with zero attached hydrogens (tertiary/aromatic N) is 4. The molecule has 1 fully saturated rings. The van der Waals surface area contributed by atoms with Gasteiger partial charge in [-0.3, -0.25) is 14.9 Å². The second kappa shape index (κ2) is 10.9. The van der Waals surface area contributed by atoms with E-state index >= 15 is 0 Å². The molecule has 3 aromatic carbocycles. The van der Waals surface area contributed by atoms with Crippen molar-refractivity contribution in [1.82, 2.24) is 4.90 Å². The number of carbonyl (C=O) groups excluding carboxylic acids is 1. The fourth-order valence-electron chi connectivity index (χ4n) is 4.11. The molecule has 178 valence electrons. The first-order valence-corrected chi connectivity index (χ1v) is 11.6. The lowest BCUT2D eigenvalue weighted by Crippen LogP contribution is -2.35. The number of nitro benzene ring substituents is 1. The summed E-state index contributed by atoms with van der Waals surface area (Å²) >= 11 is 6.18. The fraction of sp³-hybridized carbons (Fsp3) is 0.231. The Morgan fingerprint density at radius 2 is 1.83 bits per heavy atom. The molecule has 35 heavy (non-hydrogen) atoms. The van der Waals surface area contributed by atoms with Crippen molar-refractivity contribution in [3.8, 4) is 6.07 Å². The molecule has 0 saturated carbocycles. The molecule has 1 N–H and O–H groups in total. The number of hydrogen-bond acceptors (Lipinski definition) is 6. The topological polar surface area (TPSA) is 103 Å². The molecule has 1 saturated heterocycles. The second-order valence-corrected chi connectivity index (χ2v) is 8.63. The van der Waals surface area contributed by atoms with Gasteiger partial charge in [0.05, 0.1) is 16.6 Å². The van der Waals surface area contributed by atoms with E-state index < -0.39 is 4.92 Å². The molecule has 0 atom stereocenters. The molecule has 0 aliphatic carbocycles. The van der Waals surface area contributed by atoms with E-state index in [-0.39, 0.29) is 17.2 Å². The Bertz CT molecular complexity index is 1270. The van der Waals surface area contributed by atoms with Crippen LogP contribution in [0.15, 0.2) is 66.7 Å². The molecule has 1 amide bonds. The molecule has 0 spiro atoms. The number of nitriles is 1. The number of benzene rings is 3. The van der Waals surface area contributed by atoms with Crippen molar-refractivity contribution >= 4 is 34.6 Å². The van der Waals surface area contributed by atoms with Gasteiger partial charge in [0.15, 0.2) is 0 Å². The van der Waals surface area contributed by atoms with Crippen molar-refractivity contribution in [2.45, 2.75) is 13.0 Å².